The molecule has 1 aliphatic rings. The number of anilines is 1. The Labute approximate surface area is 156 Å². The minimum absolute atomic E-state index is 0.122. The quantitative estimate of drug-likeness (QED) is 0.625. The van der Waals surface area contributed by atoms with Gasteiger partial charge in [-0.2, -0.15) is 0 Å². The van der Waals surface area contributed by atoms with Crippen LogP contribution in [0.2, 0.25) is 0 Å². The van der Waals surface area contributed by atoms with E-state index in [0.29, 0.717) is 4.88 Å². The predicted octanol–water partition coefficient (Wildman–Crippen LogP) is 3.58. The molecule has 1 amide bonds. The van der Waals surface area contributed by atoms with Crippen LogP contribution in [-0.4, -0.2) is 42.3 Å². The summed E-state index contributed by atoms with van der Waals surface area (Å²) < 4.78 is 0. The van der Waals surface area contributed by atoms with Crippen LogP contribution in [0.1, 0.15) is 21.3 Å². The molecule has 0 radical (unpaired) electrons. The number of aliphatic hydroxyl groups excluding tert-OH is 1. The van der Waals surface area contributed by atoms with Crippen LogP contribution in [0.4, 0.5) is 5.69 Å². The second-order valence-electron chi connectivity index (χ2n) is 6.20. The van der Waals surface area contributed by atoms with Crippen LogP contribution >= 0.6 is 11.3 Å². The summed E-state index contributed by atoms with van der Waals surface area (Å²) in [6, 6.07) is 10.4. The number of benzene rings is 1. The standard InChI is InChI=1S/C20H20N2O3S/c1-4-11-22-17(13-7-9-14(10-8-13)21(2)3)16(19(24)20(22)25)18(23)15-6-5-12-26-15/h4-10,12,17,24H,1,11H2,2-3H3. The van der Waals surface area contributed by atoms with Crippen molar-refractivity contribution in [1.29, 1.82) is 0 Å². The fraction of sp³-hybridized carbons (Fsp3) is 0.200. The highest BCUT2D eigenvalue weighted by molar-refractivity contribution is 7.12. The second-order valence-corrected chi connectivity index (χ2v) is 7.15. The van der Waals surface area contributed by atoms with Crippen LogP contribution in [0.3, 0.4) is 0 Å². The molecule has 26 heavy (non-hydrogen) atoms. The average Bonchev–Trinajstić information content (AvgIpc) is 3.25. The van der Waals surface area contributed by atoms with Crippen LogP contribution in [0, 0.1) is 0 Å². The Kier molecular flexibility index (Phi) is 4.95. The first-order valence-electron chi connectivity index (χ1n) is 8.16. The number of Topliss-reactive ketones (excluding diaryl/α,β-unsaturated/α-hetero) is 1. The third-order valence-electron chi connectivity index (χ3n) is 4.34. The number of carbonyl (C=O) groups excluding carboxylic acids is 2. The number of aliphatic hydroxyl groups is 1. The number of rotatable bonds is 6. The van der Waals surface area contributed by atoms with Gasteiger partial charge in [0.2, 0.25) is 5.78 Å². The van der Waals surface area contributed by atoms with Gasteiger partial charge in [0.15, 0.2) is 5.76 Å². The first-order chi connectivity index (χ1) is 12.5. The van der Waals surface area contributed by atoms with E-state index in [9.17, 15) is 14.7 Å². The molecule has 1 unspecified atom stereocenters. The van der Waals surface area contributed by atoms with E-state index in [4.69, 9.17) is 0 Å². The molecule has 0 saturated heterocycles. The minimum atomic E-state index is -0.633. The van der Waals surface area contributed by atoms with Crippen LogP contribution in [0.25, 0.3) is 0 Å². The van der Waals surface area contributed by atoms with E-state index in [-0.39, 0.29) is 17.9 Å². The molecule has 0 saturated carbocycles. The van der Waals surface area contributed by atoms with Gasteiger partial charge in [-0.05, 0) is 29.1 Å². The van der Waals surface area contributed by atoms with E-state index in [0.717, 1.165) is 11.3 Å². The number of thiophene rings is 1. The van der Waals surface area contributed by atoms with Crippen molar-refractivity contribution in [2.24, 2.45) is 0 Å². The Hall–Kier alpha value is -2.86. The summed E-state index contributed by atoms with van der Waals surface area (Å²) in [5.41, 5.74) is 1.90. The summed E-state index contributed by atoms with van der Waals surface area (Å²) in [4.78, 5) is 29.4. The molecule has 1 aromatic heterocycles. The van der Waals surface area contributed by atoms with Crippen LogP contribution in [-0.2, 0) is 4.79 Å². The first kappa shape index (κ1) is 17.9. The lowest BCUT2D eigenvalue weighted by atomic mass is 9.95. The zero-order valence-electron chi connectivity index (χ0n) is 14.7. The van der Waals surface area contributed by atoms with Gasteiger partial charge in [0.1, 0.15) is 0 Å². The van der Waals surface area contributed by atoms with Crippen molar-refractivity contribution < 1.29 is 14.7 Å². The Morgan fingerprint density at radius 1 is 1.31 bits per heavy atom. The maximum absolute atomic E-state index is 13.0. The molecular weight excluding hydrogens is 348 g/mol. The molecule has 6 heteroatoms. The third kappa shape index (κ3) is 3.04. The summed E-state index contributed by atoms with van der Waals surface area (Å²) in [6.45, 7) is 3.93. The fourth-order valence-electron chi connectivity index (χ4n) is 3.05. The summed E-state index contributed by atoms with van der Waals surface area (Å²) in [6.07, 6.45) is 1.59. The lowest BCUT2D eigenvalue weighted by Crippen LogP contribution is -2.31. The molecule has 1 aliphatic heterocycles. The van der Waals surface area contributed by atoms with Crippen molar-refractivity contribution in [2.45, 2.75) is 6.04 Å². The molecule has 0 aliphatic carbocycles. The first-order valence-corrected chi connectivity index (χ1v) is 9.04. The normalized spacial score (nSPS) is 16.9. The molecule has 2 aromatic rings. The van der Waals surface area contributed by atoms with Crippen LogP contribution < -0.4 is 4.90 Å². The molecule has 5 nitrogen and oxygen atoms in total. The maximum Gasteiger partial charge on any atom is 0.290 e. The van der Waals surface area contributed by atoms with Gasteiger partial charge in [-0.15, -0.1) is 17.9 Å². The smallest absolute Gasteiger partial charge is 0.290 e. The highest BCUT2D eigenvalue weighted by Gasteiger charge is 2.43. The van der Waals surface area contributed by atoms with Gasteiger partial charge in [-0.1, -0.05) is 24.3 Å². The zero-order valence-corrected chi connectivity index (χ0v) is 15.5. The Balaban J connectivity index is 2.08. The van der Waals surface area contributed by atoms with E-state index in [1.165, 1.54) is 16.2 Å². The second kappa shape index (κ2) is 7.17. The number of nitrogens with zero attached hydrogens (tertiary/aromatic N) is 2. The number of amides is 1. The number of ketones is 1. The minimum Gasteiger partial charge on any atom is -0.503 e. The summed E-state index contributed by atoms with van der Waals surface area (Å²) in [5.74, 6) is -1.35. The van der Waals surface area contributed by atoms with Gasteiger partial charge in [0, 0.05) is 26.3 Å². The third-order valence-corrected chi connectivity index (χ3v) is 5.21. The molecule has 1 N–H and O–H groups in total. The van der Waals surface area contributed by atoms with Gasteiger partial charge in [-0.25, -0.2) is 0 Å². The van der Waals surface area contributed by atoms with Gasteiger partial charge in [0.05, 0.1) is 16.5 Å². The summed E-state index contributed by atoms with van der Waals surface area (Å²) >= 11 is 1.29. The molecule has 0 fully saturated rings. The molecular formula is C20H20N2O3S. The van der Waals surface area contributed by atoms with Crippen molar-refractivity contribution in [3.8, 4) is 0 Å². The van der Waals surface area contributed by atoms with E-state index in [2.05, 4.69) is 6.58 Å². The topological polar surface area (TPSA) is 60.9 Å². The van der Waals surface area contributed by atoms with Gasteiger partial charge in [0.25, 0.3) is 5.91 Å². The Morgan fingerprint density at radius 3 is 2.54 bits per heavy atom. The maximum atomic E-state index is 13.0. The molecule has 0 bridgehead atoms. The molecule has 3 rings (SSSR count). The Morgan fingerprint density at radius 2 is 2.00 bits per heavy atom. The lowest BCUT2D eigenvalue weighted by molar-refractivity contribution is -0.128. The number of hydrogen-bond donors (Lipinski definition) is 1. The predicted molar refractivity (Wildman–Crippen MR) is 104 cm³/mol. The molecule has 1 aromatic carbocycles. The highest BCUT2D eigenvalue weighted by Crippen LogP contribution is 2.39. The van der Waals surface area contributed by atoms with Crippen LogP contribution in [0.5, 0.6) is 0 Å². The van der Waals surface area contributed by atoms with Gasteiger partial charge >= 0.3 is 0 Å². The van der Waals surface area contributed by atoms with E-state index < -0.39 is 17.7 Å². The molecule has 1 atom stereocenters. The Bertz CT molecular complexity index is 867. The average molecular weight is 368 g/mol. The van der Waals surface area contributed by atoms with E-state index >= 15 is 0 Å². The van der Waals surface area contributed by atoms with Gasteiger partial charge < -0.3 is 14.9 Å². The number of carbonyl (C=O) groups is 2. The van der Waals surface area contributed by atoms with Crippen molar-refractivity contribution in [3.05, 3.63) is 76.2 Å². The zero-order chi connectivity index (χ0) is 18.8. The SMILES string of the molecule is C=CCN1C(=O)C(O)=C(C(=O)c2cccs2)C1c1ccc(N(C)C)cc1. The monoisotopic (exact) mass is 368 g/mol. The van der Waals surface area contributed by atoms with Crippen molar-refractivity contribution in [1.82, 2.24) is 4.90 Å². The summed E-state index contributed by atoms with van der Waals surface area (Å²) in [5, 5.41) is 12.2. The van der Waals surface area contributed by atoms with E-state index in [1.54, 1.807) is 23.6 Å². The van der Waals surface area contributed by atoms with E-state index in [1.807, 2.05) is 43.3 Å². The largest absolute Gasteiger partial charge is 0.503 e. The molecule has 2 heterocycles. The van der Waals surface area contributed by atoms with Crippen molar-refractivity contribution in [3.63, 3.8) is 0 Å². The van der Waals surface area contributed by atoms with Gasteiger partial charge in [-0.3, -0.25) is 9.59 Å². The molecule has 0 spiro atoms. The number of hydrogen-bond acceptors (Lipinski definition) is 5. The molecule has 134 valence electrons. The highest BCUT2D eigenvalue weighted by atomic mass is 32.1. The van der Waals surface area contributed by atoms with Crippen molar-refractivity contribution >= 4 is 28.7 Å². The summed E-state index contributed by atoms with van der Waals surface area (Å²) in [7, 11) is 3.88. The van der Waals surface area contributed by atoms with Crippen molar-refractivity contribution in [2.75, 3.05) is 25.5 Å². The van der Waals surface area contributed by atoms with Crippen LogP contribution in [0.15, 0.2) is 65.8 Å². The lowest BCUT2D eigenvalue weighted by Gasteiger charge is -2.26. The fourth-order valence-corrected chi connectivity index (χ4v) is 3.73.